The molecule has 0 aromatic heterocycles. The highest BCUT2D eigenvalue weighted by Crippen LogP contribution is 2.14. The van der Waals surface area contributed by atoms with Gasteiger partial charge >= 0.3 is 0 Å². The molecule has 1 aromatic carbocycles. The van der Waals surface area contributed by atoms with Crippen LogP contribution in [-0.2, 0) is 6.54 Å². The molecule has 1 unspecified atom stereocenters. The molecule has 0 heterocycles. The van der Waals surface area contributed by atoms with Gasteiger partial charge in [0.2, 0.25) is 0 Å². The molecule has 8 heteroatoms. The number of benzene rings is 1. The van der Waals surface area contributed by atoms with Crippen molar-refractivity contribution in [3.63, 3.8) is 0 Å². The molecular weight excluding hydrogens is 300 g/mol. The SMILES string of the molecule is CNC(=C[N+](=O)[O-])NCC(O)COc1cccc(CN(C)C)c1. The minimum Gasteiger partial charge on any atom is -0.491 e. The van der Waals surface area contributed by atoms with Gasteiger partial charge in [-0.1, -0.05) is 12.1 Å². The van der Waals surface area contributed by atoms with Crippen LogP contribution in [0.1, 0.15) is 5.56 Å². The Kier molecular flexibility index (Phi) is 7.86. The lowest BCUT2D eigenvalue weighted by molar-refractivity contribution is -0.404. The minimum atomic E-state index is -0.795. The number of hydrogen-bond donors (Lipinski definition) is 3. The molecule has 8 nitrogen and oxygen atoms in total. The van der Waals surface area contributed by atoms with Crippen molar-refractivity contribution in [3.05, 3.63) is 52.0 Å². The zero-order chi connectivity index (χ0) is 17.2. The summed E-state index contributed by atoms with van der Waals surface area (Å²) in [5, 5.41) is 25.7. The van der Waals surface area contributed by atoms with E-state index in [-0.39, 0.29) is 19.0 Å². The molecular formula is C15H24N4O4. The van der Waals surface area contributed by atoms with Crippen LogP contribution in [0.5, 0.6) is 5.75 Å². The molecule has 0 radical (unpaired) electrons. The van der Waals surface area contributed by atoms with E-state index in [1.165, 1.54) is 0 Å². The van der Waals surface area contributed by atoms with Gasteiger partial charge < -0.3 is 25.4 Å². The summed E-state index contributed by atoms with van der Waals surface area (Å²) in [7, 11) is 5.53. The van der Waals surface area contributed by atoms with Crippen LogP contribution >= 0.6 is 0 Å². The lowest BCUT2D eigenvalue weighted by atomic mass is 10.2. The van der Waals surface area contributed by atoms with Crippen molar-refractivity contribution in [1.29, 1.82) is 0 Å². The molecule has 0 saturated heterocycles. The summed E-state index contributed by atoms with van der Waals surface area (Å²) >= 11 is 0. The maximum atomic E-state index is 10.4. The van der Waals surface area contributed by atoms with Crippen molar-refractivity contribution >= 4 is 0 Å². The van der Waals surface area contributed by atoms with Crippen molar-refractivity contribution in [1.82, 2.24) is 15.5 Å². The molecule has 0 aliphatic rings. The van der Waals surface area contributed by atoms with E-state index in [1.54, 1.807) is 7.05 Å². The molecule has 0 bridgehead atoms. The Balaban J connectivity index is 2.44. The first-order chi connectivity index (χ1) is 10.9. The second-order valence-corrected chi connectivity index (χ2v) is 5.31. The first kappa shape index (κ1) is 18.7. The molecule has 1 rings (SSSR count). The number of hydrogen-bond acceptors (Lipinski definition) is 7. The van der Waals surface area contributed by atoms with Crippen LogP contribution in [0.3, 0.4) is 0 Å². The summed E-state index contributed by atoms with van der Waals surface area (Å²) in [6.07, 6.45) is 0.00851. The first-order valence-corrected chi connectivity index (χ1v) is 7.22. The lowest BCUT2D eigenvalue weighted by Gasteiger charge is -2.15. The monoisotopic (exact) mass is 324 g/mol. The number of nitrogens with one attached hydrogen (secondary N) is 2. The Morgan fingerprint density at radius 1 is 1.52 bits per heavy atom. The topological polar surface area (TPSA) is 99.9 Å². The van der Waals surface area contributed by atoms with Crippen LogP contribution in [0.2, 0.25) is 0 Å². The highest BCUT2D eigenvalue weighted by Gasteiger charge is 2.08. The standard InChI is InChI=1S/C15H24N4O4/c1-16-15(10-19(21)22)17-8-13(20)11-23-14-6-4-5-12(7-14)9-18(2)3/h4-7,10,13,16-17,20H,8-9,11H2,1-3H3. The van der Waals surface area contributed by atoms with Gasteiger partial charge in [-0.2, -0.15) is 0 Å². The summed E-state index contributed by atoms with van der Waals surface area (Å²) in [6, 6.07) is 7.65. The van der Waals surface area contributed by atoms with E-state index >= 15 is 0 Å². The molecule has 1 atom stereocenters. The second kappa shape index (κ2) is 9.65. The molecule has 1 aromatic rings. The lowest BCUT2D eigenvalue weighted by Crippen LogP contribution is -2.34. The van der Waals surface area contributed by atoms with Crippen LogP contribution in [0.25, 0.3) is 0 Å². The van der Waals surface area contributed by atoms with Crippen LogP contribution in [-0.4, -0.2) is 55.3 Å². The van der Waals surface area contributed by atoms with Crippen LogP contribution in [0.4, 0.5) is 0 Å². The largest absolute Gasteiger partial charge is 0.491 e. The van der Waals surface area contributed by atoms with E-state index in [4.69, 9.17) is 4.74 Å². The van der Waals surface area contributed by atoms with E-state index in [9.17, 15) is 15.2 Å². The number of nitrogens with zero attached hydrogens (tertiary/aromatic N) is 2. The van der Waals surface area contributed by atoms with Crippen LogP contribution in [0.15, 0.2) is 36.3 Å². The minimum absolute atomic E-state index is 0.0911. The zero-order valence-electron chi connectivity index (χ0n) is 13.7. The molecule has 0 saturated carbocycles. The molecule has 0 aliphatic heterocycles. The zero-order valence-corrected chi connectivity index (χ0v) is 13.7. The maximum Gasteiger partial charge on any atom is 0.274 e. The van der Waals surface area contributed by atoms with E-state index < -0.39 is 11.0 Å². The fraction of sp³-hybridized carbons (Fsp3) is 0.467. The average Bonchev–Trinajstić information content (AvgIpc) is 2.48. The summed E-state index contributed by atoms with van der Waals surface area (Å²) in [6.45, 7) is 1.03. The normalized spacial score (nSPS) is 12.8. The average molecular weight is 324 g/mol. The van der Waals surface area contributed by atoms with Gasteiger partial charge in [-0.3, -0.25) is 10.1 Å². The molecule has 0 fully saturated rings. The van der Waals surface area contributed by atoms with Gasteiger partial charge in [-0.05, 0) is 31.8 Å². The Hall–Kier alpha value is -2.32. The molecule has 128 valence electrons. The third-order valence-electron chi connectivity index (χ3n) is 2.87. The molecule has 3 N–H and O–H groups in total. The van der Waals surface area contributed by atoms with Crippen molar-refractivity contribution < 1.29 is 14.8 Å². The fourth-order valence-electron chi connectivity index (χ4n) is 1.88. The van der Waals surface area contributed by atoms with E-state index in [1.807, 2.05) is 38.4 Å². The quantitative estimate of drug-likeness (QED) is 0.422. The predicted octanol–water partition coefficient (Wildman–Crippen LogP) is 0.372. The highest BCUT2D eigenvalue weighted by atomic mass is 16.6. The Morgan fingerprint density at radius 2 is 2.26 bits per heavy atom. The van der Waals surface area contributed by atoms with Gasteiger partial charge in [0.15, 0.2) is 5.82 Å². The first-order valence-electron chi connectivity index (χ1n) is 7.22. The molecule has 23 heavy (non-hydrogen) atoms. The summed E-state index contributed by atoms with van der Waals surface area (Å²) in [5.74, 6) is 0.903. The van der Waals surface area contributed by atoms with Gasteiger partial charge in [-0.15, -0.1) is 0 Å². The predicted molar refractivity (Wildman–Crippen MR) is 87.5 cm³/mol. The third kappa shape index (κ3) is 8.03. The van der Waals surface area contributed by atoms with Crippen LogP contribution in [0, 0.1) is 10.1 Å². The fourth-order valence-corrected chi connectivity index (χ4v) is 1.88. The van der Waals surface area contributed by atoms with E-state index in [0.717, 1.165) is 18.3 Å². The second-order valence-electron chi connectivity index (χ2n) is 5.31. The number of ether oxygens (including phenoxy) is 1. The summed E-state index contributed by atoms with van der Waals surface area (Å²) in [5.41, 5.74) is 1.12. The van der Waals surface area contributed by atoms with Crippen molar-refractivity contribution in [2.75, 3.05) is 34.3 Å². The molecule has 0 aliphatic carbocycles. The van der Waals surface area contributed by atoms with Crippen molar-refractivity contribution in [3.8, 4) is 5.75 Å². The van der Waals surface area contributed by atoms with Gasteiger partial charge in [0.25, 0.3) is 6.20 Å². The van der Waals surface area contributed by atoms with Gasteiger partial charge in [0.1, 0.15) is 18.5 Å². The Labute approximate surface area is 135 Å². The van der Waals surface area contributed by atoms with Gasteiger partial charge in [-0.25, -0.2) is 0 Å². The number of nitro groups is 1. The molecule has 0 spiro atoms. The Bertz CT molecular complexity index is 534. The van der Waals surface area contributed by atoms with E-state index in [0.29, 0.717) is 5.75 Å². The van der Waals surface area contributed by atoms with Gasteiger partial charge in [0.05, 0.1) is 4.92 Å². The maximum absolute atomic E-state index is 10.4. The van der Waals surface area contributed by atoms with Crippen molar-refractivity contribution in [2.24, 2.45) is 0 Å². The number of rotatable bonds is 10. The third-order valence-corrected chi connectivity index (χ3v) is 2.87. The Morgan fingerprint density at radius 3 is 2.87 bits per heavy atom. The number of aliphatic hydroxyl groups excluding tert-OH is 1. The van der Waals surface area contributed by atoms with E-state index in [2.05, 4.69) is 15.5 Å². The number of aliphatic hydroxyl groups is 1. The summed E-state index contributed by atoms with van der Waals surface area (Å²) < 4.78 is 5.55. The van der Waals surface area contributed by atoms with Crippen LogP contribution < -0.4 is 15.4 Å². The van der Waals surface area contributed by atoms with Gasteiger partial charge in [0, 0.05) is 20.1 Å². The van der Waals surface area contributed by atoms with Crippen molar-refractivity contribution in [2.45, 2.75) is 12.6 Å². The highest BCUT2D eigenvalue weighted by molar-refractivity contribution is 5.28. The molecule has 0 amide bonds. The summed E-state index contributed by atoms with van der Waals surface area (Å²) in [4.78, 5) is 11.9. The smallest absolute Gasteiger partial charge is 0.274 e.